The van der Waals surface area contributed by atoms with Gasteiger partial charge in [-0.15, -0.1) is 0 Å². The third-order valence-corrected chi connectivity index (χ3v) is 12.1. The molecule has 2 heterocycles. The number of fused-ring (bicyclic) bond motifs is 3. The van der Waals surface area contributed by atoms with Crippen LogP contribution in [0.15, 0.2) is 237 Å². The van der Waals surface area contributed by atoms with E-state index < -0.39 is 5.41 Å². The molecule has 3 nitrogen and oxygen atoms in total. The largest absolute Gasteiger partial charge is 0.256 e. The Labute approximate surface area is 356 Å². The van der Waals surface area contributed by atoms with Crippen LogP contribution in [0.4, 0.5) is 0 Å². The Kier molecular flexibility index (Phi) is 9.05. The molecular formula is C58H39N3. The fourth-order valence-corrected chi connectivity index (χ4v) is 9.14. The van der Waals surface area contributed by atoms with E-state index in [9.17, 15) is 0 Å². The molecule has 0 spiro atoms. The van der Waals surface area contributed by atoms with Crippen LogP contribution in [0.2, 0.25) is 0 Å². The van der Waals surface area contributed by atoms with Gasteiger partial charge >= 0.3 is 0 Å². The minimum absolute atomic E-state index is 0.453. The van der Waals surface area contributed by atoms with Crippen molar-refractivity contribution in [2.45, 2.75) is 5.41 Å². The molecule has 1 aliphatic rings. The van der Waals surface area contributed by atoms with E-state index in [1.165, 1.54) is 38.9 Å². The average Bonchev–Trinajstić information content (AvgIpc) is 3.65. The van der Waals surface area contributed by atoms with Gasteiger partial charge in [-0.05, 0) is 86.0 Å². The van der Waals surface area contributed by atoms with E-state index in [0.29, 0.717) is 5.82 Å². The quantitative estimate of drug-likeness (QED) is 0.154. The van der Waals surface area contributed by atoms with E-state index in [2.05, 4.69) is 211 Å². The second-order valence-corrected chi connectivity index (χ2v) is 15.6. The van der Waals surface area contributed by atoms with E-state index in [-0.39, 0.29) is 0 Å². The third kappa shape index (κ3) is 6.44. The molecule has 0 saturated carbocycles. The monoisotopic (exact) mass is 777 g/mol. The smallest absolute Gasteiger partial charge is 0.160 e. The molecule has 0 amide bonds. The Hall–Kier alpha value is -8.01. The van der Waals surface area contributed by atoms with Crippen LogP contribution in [0.3, 0.4) is 0 Å². The fourth-order valence-electron chi connectivity index (χ4n) is 9.14. The first kappa shape index (κ1) is 36.1. The summed E-state index contributed by atoms with van der Waals surface area (Å²) in [5.41, 5.74) is 18.5. The van der Waals surface area contributed by atoms with Gasteiger partial charge in [0.25, 0.3) is 0 Å². The van der Waals surface area contributed by atoms with E-state index in [1.54, 1.807) is 0 Å². The van der Waals surface area contributed by atoms with Gasteiger partial charge in [0.05, 0.1) is 22.5 Å². The molecule has 0 unspecified atom stereocenters. The van der Waals surface area contributed by atoms with Crippen molar-refractivity contribution in [2.24, 2.45) is 0 Å². The van der Waals surface area contributed by atoms with Crippen LogP contribution in [0.5, 0.6) is 0 Å². The maximum absolute atomic E-state index is 5.24. The van der Waals surface area contributed by atoms with Crippen molar-refractivity contribution in [3.63, 3.8) is 0 Å². The maximum Gasteiger partial charge on any atom is 0.160 e. The normalized spacial score (nSPS) is 12.4. The summed E-state index contributed by atoms with van der Waals surface area (Å²) in [6.07, 6.45) is 1.83. The molecule has 11 rings (SSSR count). The van der Waals surface area contributed by atoms with E-state index in [1.807, 2.05) is 30.5 Å². The standard InChI is InChI=1S/C58H39N3/c1-4-15-40(16-5-1)45-17-14-18-47(37-45)57-60-55(39-56(61-57)44-32-30-42(31-33-44)54-25-12-13-36-59-54)43-28-26-41(27-29-43)46-34-35-51-50-23-10-11-24-52(50)58(53(51)38-46,48-19-6-2-7-20-48)49-21-8-3-9-22-49/h1-39H. The molecule has 0 radical (unpaired) electrons. The summed E-state index contributed by atoms with van der Waals surface area (Å²) in [5, 5.41) is 0. The van der Waals surface area contributed by atoms with Gasteiger partial charge in [0.1, 0.15) is 0 Å². The Morgan fingerprint density at radius 2 is 0.754 bits per heavy atom. The highest BCUT2D eigenvalue weighted by Gasteiger charge is 2.46. The van der Waals surface area contributed by atoms with Crippen molar-refractivity contribution in [1.82, 2.24) is 15.0 Å². The van der Waals surface area contributed by atoms with Gasteiger partial charge in [-0.1, -0.05) is 200 Å². The second-order valence-electron chi connectivity index (χ2n) is 15.6. The van der Waals surface area contributed by atoms with Crippen LogP contribution < -0.4 is 0 Å². The van der Waals surface area contributed by atoms with Gasteiger partial charge in [0.2, 0.25) is 0 Å². The fraction of sp³-hybridized carbons (Fsp3) is 0.0172. The first-order valence-corrected chi connectivity index (χ1v) is 20.8. The van der Waals surface area contributed by atoms with Crippen LogP contribution in [0.1, 0.15) is 22.3 Å². The van der Waals surface area contributed by atoms with Crippen LogP contribution in [0.25, 0.3) is 78.5 Å². The van der Waals surface area contributed by atoms with Gasteiger partial charge in [-0.3, -0.25) is 4.98 Å². The third-order valence-electron chi connectivity index (χ3n) is 12.1. The molecule has 2 aromatic heterocycles. The van der Waals surface area contributed by atoms with Crippen LogP contribution >= 0.6 is 0 Å². The molecule has 10 aromatic rings. The molecule has 0 bridgehead atoms. The minimum atomic E-state index is -0.453. The molecule has 0 atom stereocenters. The highest BCUT2D eigenvalue weighted by atomic mass is 14.9. The summed E-state index contributed by atoms with van der Waals surface area (Å²) in [6, 6.07) is 82.2. The molecule has 286 valence electrons. The predicted octanol–water partition coefficient (Wildman–Crippen LogP) is 14.2. The van der Waals surface area contributed by atoms with Gasteiger partial charge in [0.15, 0.2) is 5.82 Å². The van der Waals surface area contributed by atoms with Gasteiger partial charge in [-0.25, -0.2) is 9.97 Å². The Morgan fingerprint density at radius 1 is 0.279 bits per heavy atom. The Morgan fingerprint density at radius 3 is 1.39 bits per heavy atom. The maximum atomic E-state index is 5.24. The lowest BCUT2D eigenvalue weighted by Crippen LogP contribution is -2.28. The zero-order chi connectivity index (χ0) is 40.6. The molecule has 0 N–H and O–H groups in total. The van der Waals surface area contributed by atoms with Crippen LogP contribution in [0, 0.1) is 0 Å². The lowest BCUT2D eigenvalue weighted by molar-refractivity contribution is 0.769. The number of hydrogen-bond donors (Lipinski definition) is 0. The Balaban J connectivity index is 1.01. The average molecular weight is 778 g/mol. The van der Waals surface area contributed by atoms with Crippen molar-refractivity contribution in [2.75, 3.05) is 0 Å². The SMILES string of the molecule is c1ccc(-c2cccc(-c3nc(-c4ccc(-c5ccc6c(c5)C(c5ccccc5)(c5ccccc5)c5ccccc5-6)cc4)cc(-c4ccc(-c5ccccn5)cc4)n3)c2)cc1. The minimum Gasteiger partial charge on any atom is -0.256 e. The van der Waals surface area contributed by atoms with Crippen LogP contribution in [-0.2, 0) is 5.41 Å². The highest BCUT2D eigenvalue weighted by molar-refractivity contribution is 5.88. The van der Waals surface area contributed by atoms with Crippen molar-refractivity contribution >= 4 is 0 Å². The number of rotatable bonds is 8. The zero-order valence-corrected chi connectivity index (χ0v) is 33.4. The molecule has 1 aliphatic carbocycles. The van der Waals surface area contributed by atoms with Crippen LogP contribution in [-0.4, -0.2) is 15.0 Å². The second kappa shape index (κ2) is 15.3. The summed E-state index contributed by atoms with van der Waals surface area (Å²) >= 11 is 0. The first-order chi connectivity index (χ1) is 30.2. The molecule has 3 heteroatoms. The summed E-state index contributed by atoms with van der Waals surface area (Å²) in [5.74, 6) is 0.680. The Bertz CT molecular complexity index is 3100. The van der Waals surface area contributed by atoms with Crippen molar-refractivity contribution in [3.05, 3.63) is 259 Å². The summed E-state index contributed by atoms with van der Waals surface area (Å²) in [6.45, 7) is 0. The lowest BCUT2D eigenvalue weighted by Gasteiger charge is -2.34. The van der Waals surface area contributed by atoms with Crippen molar-refractivity contribution in [3.8, 4) is 78.5 Å². The number of hydrogen-bond acceptors (Lipinski definition) is 3. The highest BCUT2D eigenvalue weighted by Crippen LogP contribution is 2.56. The molecule has 61 heavy (non-hydrogen) atoms. The number of benzene rings is 8. The summed E-state index contributed by atoms with van der Waals surface area (Å²) < 4.78 is 0. The van der Waals surface area contributed by atoms with E-state index >= 15 is 0 Å². The van der Waals surface area contributed by atoms with Gasteiger partial charge < -0.3 is 0 Å². The van der Waals surface area contributed by atoms with E-state index in [4.69, 9.17) is 9.97 Å². The lowest BCUT2D eigenvalue weighted by atomic mass is 9.67. The first-order valence-electron chi connectivity index (χ1n) is 20.8. The zero-order valence-electron chi connectivity index (χ0n) is 33.4. The van der Waals surface area contributed by atoms with Gasteiger partial charge in [-0.2, -0.15) is 0 Å². The molecular weight excluding hydrogens is 739 g/mol. The number of nitrogens with zero attached hydrogens (tertiary/aromatic N) is 3. The molecule has 0 aliphatic heterocycles. The van der Waals surface area contributed by atoms with Crippen molar-refractivity contribution in [1.29, 1.82) is 0 Å². The van der Waals surface area contributed by atoms with Gasteiger partial charge in [0, 0.05) is 28.5 Å². The summed E-state index contributed by atoms with van der Waals surface area (Å²) in [7, 11) is 0. The van der Waals surface area contributed by atoms with Crippen molar-refractivity contribution < 1.29 is 0 Å². The molecule has 8 aromatic carbocycles. The predicted molar refractivity (Wildman–Crippen MR) is 250 cm³/mol. The topological polar surface area (TPSA) is 38.7 Å². The number of aromatic nitrogens is 3. The summed E-state index contributed by atoms with van der Waals surface area (Å²) in [4.78, 5) is 15.0. The van der Waals surface area contributed by atoms with E-state index in [0.717, 1.165) is 56.0 Å². The molecule has 0 saturated heterocycles. The molecule has 0 fully saturated rings. The number of pyridine rings is 1.